The van der Waals surface area contributed by atoms with Gasteiger partial charge in [0.05, 0.1) is 19.8 Å². The van der Waals surface area contributed by atoms with Gasteiger partial charge in [0.25, 0.3) is 0 Å². The summed E-state index contributed by atoms with van der Waals surface area (Å²) in [6.07, 6.45) is 1.83. The van der Waals surface area contributed by atoms with Gasteiger partial charge in [-0.3, -0.25) is 4.79 Å². The molecule has 0 bridgehead atoms. The van der Waals surface area contributed by atoms with Crippen LogP contribution in [0, 0.1) is 0 Å². The fraction of sp³-hybridized carbons (Fsp3) is 0.350. The summed E-state index contributed by atoms with van der Waals surface area (Å²) in [6.45, 7) is 2.99. The van der Waals surface area contributed by atoms with Crippen molar-refractivity contribution in [1.29, 1.82) is 0 Å². The van der Waals surface area contributed by atoms with Gasteiger partial charge in [0.2, 0.25) is 5.91 Å². The largest absolute Gasteiger partial charge is 0.496 e. The number of benzene rings is 2. The molecule has 5 nitrogen and oxygen atoms in total. The standard InChI is InChI=1S/C20H26N2O3/c1-15(20(21)23)22-14-16-9-11-18(12-10-16)25-13-5-7-17-6-3-4-8-19(17)24-2/h3-4,6,8-12,15,22H,5,7,13-14H2,1-2H3,(H2,21,23). The zero-order valence-electron chi connectivity index (χ0n) is 14.8. The maximum atomic E-state index is 11.0. The smallest absolute Gasteiger partial charge is 0.234 e. The van der Waals surface area contributed by atoms with Crippen LogP contribution in [0.1, 0.15) is 24.5 Å². The van der Waals surface area contributed by atoms with E-state index in [2.05, 4.69) is 11.4 Å². The number of rotatable bonds is 10. The maximum Gasteiger partial charge on any atom is 0.234 e. The van der Waals surface area contributed by atoms with Crippen LogP contribution in [0.3, 0.4) is 0 Å². The van der Waals surface area contributed by atoms with E-state index in [1.54, 1.807) is 14.0 Å². The molecule has 0 fully saturated rings. The SMILES string of the molecule is COc1ccccc1CCCOc1ccc(CNC(C)C(N)=O)cc1. The average molecular weight is 342 g/mol. The van der Waals surface area contributed by atoms with Crippen LogP contribution < -0.4 is 20.5 Å². The number of carbonyl (C=O) groups is 1. The van der Waals surface area contributed by atoms with Crippen molar-refractivity contribution in [3.8, 4) is 11.5 Å². The van der Waals surface area contributed by atoms with Gasteiger partial charge >= 0.3 is 0 Å². The summed E-state index contributed by atoms with van der Waals surface area (Å²) in [5, 5.41) is 3.07. The Morgan fingerprint density at radius 2 is 1.88 bits per heavy atom. The average Bonchev–Trinajstić information content (AvgIpc) is 2.64. The Hall–Kier alpha value is -2.53. The number of para-hydroxylation sites is 1. The molecule has 0 heterocycles. The van der Waals surface area contributed by atoms with Crippen molar-refractivity contribution >= 4 is 5.91 Å². The van der Waals surface area contributed by atoms with Crippen molar-refractivity contribution in [2.45, 2.75) is 32.4 Å². The highest BCUT2D eigenvalue weighted by Gasteiger charge is 2.07. The number of hydrogen-bond donors (Lipinski definition) is 2. The zero-order chi connectivity index (χ0) is 18.1. The van der Waals surface area contributed by atoms with Crippen molar-refractivity contribution in [2.75, 3.05) is 13.7 Å². The van der Waals surface area contributed by atoms with Crippen molar-refractivity contribution < 1.29 is 14.3 Å². The van der Waals surface area contributed by atoms with Gasteiger partial charge in [-0.05, 0) is 49.1 Å². The molecule has 0 aromatic heterocycles. The molecule has 25 heavy (non-hydrogen) atoms. The van der Waals surface area contributed by atoms with Gasteiger partial charge in [-0.25, -0.2) is 0 Å². The van der Waals surface area contributed by atoms with Crippen LogP contribution in [0.2, 0.25) is 0 Å². The van der Waals surface area contributed by atoms with Crippen molar-refractivity contribution in [1.82, 2.24) is 5.32 Å². The molecule has 1 unspecified atom stereocenters. The highest BCUT2D eigenvalue weighted by atomic mass is 16.5. The van der Waals surface area contributed by atoms with Gasteiger partial charge in [-0.1, -0.05) is 30.3 Å². The van der Waals surface area contributed by atoms with E-state index in [0.29, 0.717) is 13.2 Å². The number of nitrogens with one attached hydrogen (secondary N) is 1. The molecule has 0 spiro atoms. The van der Waals surface area contributed by atoms with Crippen LogP contribution in [0.4, 0.5) is 0 Å². The minimum Gasteiger partial charge on any atom is -0.496 e. The third-order valence-corrected chi connectivity index (χ3v) is 4.01. The summed E-state index contributed by atoms with van der Waals surface area (Å²) >= 11 is 0. The Balaban J connectivity index is 1.73. The number of aryl methyl sites for hydroxylation is 1. The van der Waals surface area contributed by atoms with Crippen LogP contribution in [-0.4, -0.2) is 25.7 Å². The molecule has 0 aliphatic carbocycles. The van der Waals surface area contributed by atoms with E-state index in [1.807, 2.05) is 42.5 Å². The Labute approximate surface area is 149 Å². The first-order chi connectivity index (χ1) is 12.1. The fourth-order valence-electron chi connectivity index (χ4n) is 2.44. The van der Waals surface area contributed by atoms with Gasteiger partial charge in [0, 0.05) is 6.54 Å². The summed E-state index contributed by atoms with van der Waals surface area (Å²) in [5.74, 6) is 1.41. The Morgan fingerprint density at radius 3 is 2.56 bits per heavy atom. The number of hydrogen-bond acceptors (Lipinski definition) is 4. The van der Waals surface area contributed by atoms with Gasteiger partial charge in [0.15, 0.2) is 0 Å². The molecule has 0 radical (unpaired) electrons. The minimum absolute atomic E-state index is 0.342. The summed E-state index contributed by atoms with van der Waals surface area (Å²) in [6, 6.07) is 15.5. The third kappa shape index (κ3) is 6.12. The number of primary amides is 1. The molecule has 0 aliphatic rings. The van der Waals surface area contributed by atoms with Crippen LogP contribution in [-0.2, 0) is 17.8 Å². The summed E-state index contributed by atoms with van der Waals surface area (Å²) in [7, 11) is 1.69. The van der Waals surface area contributed by atoms with Crippen molar-refractivity contribution in [3.63, 3.8) is 0 Å². The first-order valence-electron chi connectivity index (χ1n) is 8.46. The highest BCUT2D eigenvalue weighted by molar-refractivity contribution is 5.79. The second-order valence-corrected chi connectivity index (χ2v) is 5.91. The molecule has 0 saturated heterocycles. The lowest BCUT2D eigenvalue weighted by molar-refractivity contribution is -0.119. The van der Waals surface area contributed by atoms with Gasteiger partial charge < -0.3 is 20.5 Å². The number of amides is 1. The van der Waals surface area contributed by atoms with Gasteiger partial charge in [0.1, 0.15) is 11.5 Å². The molecule has 0 saturated carbocycles. The number of carbonyl (C=O) groups excluding carboxylic acids is 1. The molecule has 2 aromatic carbocycles. The van der Waals surface area contributed by atoms with Gasteiger partial charge in [-0.2, -0.15) is 0 Å². The highest BCUT2D eigenvalue weighted by Crippen LogP contribution is 2.19. The van der Waals surface area contributed by atoms with Crippen LogP contribution in [0.5, 0.6) is 11.5 Å². The quantitative estimate of drug-likeness (QED) is 0.651. The molecule has 134 valence electrons. The van der Waals surface area contributed by atoms with Gasteiger partial charge in [-0.15, -0.1) is 0 Å². The molecule has 2 rings (SSSR count). The third-order valence-electron chi connectivity index (χ3n) is 4.01. The summed E-state index contributed by atoms with van der Waals surface area (Å²) < 4.78 is 11.1. The van der Waals surface area contributed by atoms with Crippen LogP contribution in [0.15, 0.2) is 48.5 Å². The monoisotopic (exact) mass is 342 g/mol. The summed E-state index contributed by atoms with van der Waals surface area (Å²) in [5.41, 5.74) is 7.49. The molecular weight excluding hydrogens is 316 g/mol. The molecule has 0 aliphatic heterocycles. The van der Waals surface area contributed by atoms with Crippen molar-refractivity contribution in [2.24, 2.45) is 5.73 Å². The van der Waals surface area contributed by atoms with Crippen LogP contribution >= 0.6 is 0 Å². The Morgan fingerprint density at radius 1 is 1.16 bits per heavy atom. The molecule has 2 aromatic rings. The van der Waals surface area contributed by atoms with E-state index in [9.17, 15) is 4.79 Å². The lowest BCUT2D eigenvalue weighted by atomic mass is 10.1. The zero-order valence-corrected chi connectivity index (χ0v) is 14.8. The van der Waals surface area contributed by atoms with E-state index in [4.69, 9.17) is 15.2 Å². The Kier molecular flexibility index (Phi) is 7.29. The first kappa shape index (κ1) is 18.8. The normalized spacial score (nSPS) is 11.8. The molecule has 1 atom stereocenters. The summed E-state index contributed by atoms with van der Waals surface area (Å²) in [4.78, 5) is 11.0. The Bertz CT molecular complexity index is 671. The topological polar surface area (TPSA) is 73.6 Å². The second kappa shape index (κ2) is 9.69. The lowest BCUT2D eigenvalue weighted by Crippen LogP contribution is -2.38. The fourth-order valence-corrected chi connectivity index (χ4v) is 2.44. The molecular formula is C20H26N2O3. The first-order valence-corrected chi connectivity index (χ1v) is 8.46. The second-order valence-electron chi connectivity index (χ2n) is 5.91. The molecule has 3 N–H and O–H groups in total. The van der Waals surface area contributed by atoms with Crippen molar-refractivity contribution in [3.05, 3.63) is 59.7 Å². The maximum absolute atomic E-state index is 11.0. The lowest BCUT2D eigenvalue weighted by Gasteiger charge is -2.11. The minimum atomic E-state index is -0.352. The van der Waals surface area contributed by atoms with E-state index < -0.39 is 0 Å². The predicted octanol–water partition coefficient (Wildman–Crippen LogP) is 2.67. The van der Waals surface area contributed by atoms with E-state index >= 15 is 0 Å². The number of ether oxygens (including phenoxy) is 2. The van der Waals surface area contributed by atoms with Crippen LogP contribution in [0.25, 0.3) is 0 Å². The number of nitrogens with two attached hydrogens (primary N) is 1. The number of methoxy groups -OCH3 is 1. The predicted molar refractivity (Wildman–Crippen MR) is 98.7 cm³/mol. The molecule has 1 amide bonds. The van der Waals surface area contributed by atoms with E-state index in [0.717, 1.165) is 29.9 Å². The van der Waals surface area contributed by atoms with E-state index in [-0.39, 0.29) is 11.9 Å². The van der Waals surface area contributed by atoms with E-state index in [1.165, 1.54) is 5.56 Å². The molecule has 5 heteroatoms.